The van der Waals surface area contributed by atoms with Gasteiger partial charge in [-0.15, -0.1) is 16.4 Å². The Kier molecular flexibility index (Phi) is 5.76. The van der Waals surface area contributed by atoms with Crippen LogP contribution in [0.5, 0.6) is 17.2 Å². The maximum absolute atomic E-state index is 13.0. The molecular weight excluding hydrogens is 406 g/mol. The molecular formula is C20H25N5O4S. The van der Waals surface area contributed by atoms with E-state index < -0.39 is 0 Å². The first-order valence-corrected chi connectivity index (χ1v) is 10.7. The standard InChI is InChI=1S/C20H25N5O4S/c1-10-5-11(2)7-12(6-10)29-17-13-8-14(27-3)15(28-4)9-16(13)30-18(17)19(26)21-20-22-24-25-23-20/h8-12H,5-7H2,1-4H3,(H2,21,22,23,24,25,26). The summed E-state index contributed by atoms with van der Waals surface area (Å²) < 4.78 is 18.3. The van der Waals surface area contributed by atoms with Gasteiger partial charge < -0.3 is 14.2 Å². The largest absolute Gasteiger partial charge is 0.493 e. The Hall–Kier alpha value is -2.88. The zero-order valence-corrected chi connectivity index (χ0v) is 18.2. The Bertz CT molecular complexity index is 1030. The number of thiophene rings is 1. The summed E-state index contributed by atoms with van der Waals surface area (Å²) in [6, 6.07) is 3.73. The van der Waals surface area contributed by atoms with Crippen molar-refractivity contribution in [2.45, 2.75) is 39.2 Å². The normalized spacial score (nSPS) is 21.4. The highest BCUT2D eigenvalue weighted by atomic mass is 32.1. The van der Waals surface area contributed by atoms with Crippen LogP contribution in [0.2, 0.25) is 0 Å². The second-order valence-corrected chi connectivity index (χ2v) is 8.86. The van der Waals surface area contributed by atoms with Crippen molar-refractivity contribution in [1.82, 2.24) is 20.6 Å². The summed E-state index contributed by atoms with van der Waals surface area (Å²) in [6.45, 7) is 4.49. The lowest BCUT2D eigenvalue weighted by Crippen LogP contribution is -2.29. The van der Waals surface area contributed by atoms with Crippen LogP contribution in [0.15, 0.2) is 12.1 Å². The van der Waals surface area contributed by atoms with Crippen LogP contribution in [0, 0.1) is 11.8 Å². The molecule has 0 spiro atoms. The van der Waals surface area contributed by atoms with Gasteiger partial charge in [0.2, 0.25) is 0 Å². The third-order valence-corrected chi connectivity index (χ3v) is 6.48. The van der Waals surface area contributed by atoms with E-state index >= 15 is 0 Å². The van der Waals surface area contributed by atoms with Gasteiger partial charge in [-0.1, -0.05) is 18.9 Å². The van der Waals surface area contributed by atoms with E-state index in [-0.39, 0.29) is 18.0 Å². The second kappa shape index (κ2) is 8.47. The molecule has 30 heavy (non-hydrogen) atoms. The predicted molar refractivity (Wildman–Crippen MR) is 114 cm³/mol. The van der Waals surface area contributed by atoms with Crippen molar-refractivity contribution in [2.75, 3.05) is 19.5 Å². The van der Waals surface area contributed by atoms with Crippen molar-refractivity contribution in [2.24, 2.45) is 11.8 Å². The number of anilines is 1. The number of benzene rings is 1. The van der Waals surface area contributed by atoms with Crippen LogP contribution in [0.25, 0.3) is 10.1 Å². The van der Waals surface area contributed by atoms with Crippen LogP contribution in [-0.4, -0.2) is 46.9 Å². The highest BCUT2D eigenvalue weighted by Crippen LogP contribution is 2.45. The Morgan fingerprint density at radius 1 is 1.13 bits per heavy atom. The SMILES string of the molecule is COc1cc2sc(C(=O)Nc3nn[nH]n3)c(OC3CC(C)CC(C)C3)c2cc1OC. The fourth-order valence-corrected chi connectivity index (χ4v) is 5.22. The summed E-state index contributed by atoms with van der Waals surface area (Å²) in [4.78, 5) is 13.5. The van der Waals surface area contributed by atoms with Crippen LogP contribution in [0.1, 0.15) is 42.8 Å². The molecule has 1 fully saturated rings. The molecule has 2 aromatic heterocycles. The van der Waals surface area contributed by atoms with Crippen LogP contribution < -0.4 is 19.5 Å². The van der Waals surface area contributed by atoms with Gasteiger partial charge in [0, 0.05) is 16.2 Å². The Morgan fingerprint density at radius 2 is 1.83 bits per heavy atom. The van der Waals surface area contributed by atoms with Crippen LogP contribution in [-0.2, 0) is 0 Å². The van der Waals surface area contributed by atoms with Crippen LogP contribution >= 0.6 is 11.3 Å². The minimum Gasteiger partial charge on any atom is -0.493 e. The molecule has 2 atom stereocenters. The van der Waals surface area contributed by atoms with Crippen molar-refractivity contribution < 1.29 is 19.0 Å². The number of carbonyl (C=O) groups excluding carboxylic acids is 1. The molecule has 3 aromatic rings. The molecule has 10 heteroatoms. The molecule has 1 amide bonds. The molecule has 1 aromatic carbocycles. The van der Waals surface area contributed by atoms with Crippen molar-refractivity contribution >= 4 is 33.3 Å². The molecule has 2 unspecified atom stereocenters. The molecule has 0 aliphatic heterocycles. The Morgan fingerprint density at radius 3 is 2.47 bits per heavy atom. The molecule has 2 heterocycles. The molecule has 0 saturated heterocycles. The number of hydrogen-bond donors (Lipinski definition) is 2. The van der Waals surface area contributed by atoms with E-state index in [2.05, 4.69) is 39.8 Å². The molecule has 2 N–H and O–H groups in total. The van der Waals surface area contributed by atoms with Crippen molar-refractivity contribution in [1.29, 1.82) is 0 Å². The monoisotopic (exact) mass is 431 g/mol. The first kappa shape index (κ1) is 20.4. The number of fused-ring (bicyclic) bond motifs is 1. The zero-order chi connectivity index (χ0) is 21.3. The quantitative estimate of drug-likeness (QED) is 0.609. The maximum atomic E-state index is 13.0. The lowest BCUT2D eigenvalue weighted by molar-refractivity contribution is 0.0961. The van der Waals surface area contributed by atoms with E-state index in [4.69, 9.17) is 14.2 Å². The molecule has 0 bridgehead atoms. The number of aromatic nitrogens is 4. The third-order valence-electron chi connectivity index (χ3n) is 5.35. The molecule has 0 radical (unpaired) electrons. The summed E-state index contributed by atoms with van der Waals surface area (Å²) in [5.41, 5.74) is 0. The lowest BCUT2D eigenvalue weighted by Gasteiger charge is -2.31. The number of rotatable bonds is 6. The van der Waals surface area contributed by atoms with Crippen molar-refractivity contribution in [3.63, 3.8) is 0 Å². The molecule has 1 saturated carbocycles. The average Bonchev–Trinajstić information content (AvgIpc) is 3.34. The van der Waals surface area contributed by atoms with E-state index in [0.29, 0.717) is 34.0 Å². The smallest absolute Gasteiger partial charge is 0.272 e. The number of methoxy groups -OCH3 is 2. The van der Waals surface area contributed by atoms with E-state index in [1.54, 1.807) is 14.2 Å². The topological polar surface area (TPSA) is 111 Å². The first-order chi connectivity index (χ1) is 14.5. The first-order valence-electron chi connectivity index (χ1n) is 9.88. The minimum absolute atomic E-state index is 0.0476. The second-order valence-electron chi connectivity index (χ2n) is 7.81. The van der Waals surface area contributed by atoms with Gasteiger partial charge in [0.15, 0.2) is 17.2 Å². The molecule has 1 aliphatic rings. The number of H-pyrrole nitrogens is 1. The van der Waals surface area contributed by atoms with E-state index in [1.807, 2.05) is 12.1 Å². The molecule has 4 rings (SSSR count). The zero-order valence-electron chi connectivity index (χ0n) is 17.4. The molecule has 160 valence electrons. The van der Waals surface area contributed by atoms with E-state index in [0.717, 1.165) is 22.9 Å². The van der Waals surface area contributed by atoms with Crippen molar-refractivity contribution in [3.8, 4) is 17.2 Å². The maximum Gasteiger partial charge on any atom is 0.272 e. The third kappa shape index (κ3) is 4.04. The number of tetrazole rings is 1. The number of carbonyl (C=O) groups is 1. The lowest BCUT2D eigenvalue weighted by atomic mass is 9.82. The Labute approximate surface area is 178 Å². The molecule has 1 aliphatic carbocycles. The van der Waals surface area contributed by atoms with Crippen molar-refractivity contribution in [3.05, 3.63) is 17.0 Å². The fourth-order valence-electron chi connectivity index (χ4n) is 4.18. The van der Waals surface area contributed by atoms with Gasteiger partial charge in [0.05, 0.1) is 20.3 Å². The fraction of sp³-hybridized carbons (Fsp3) is 0.500. The number of nitrogens with zero attached hydrogens (tertiary/aromatic N) is 3. The summed E-state index contributed by atoms with van der Waals surface area (Å²) in [5.74, 6) is 2.67. The number of aromatic amines is 1. The predicted octanol–water partition coefficient (Wildman–Crippen LogP) is 3.89. The van der Waals surface area contributed by atoms with Crippen LogP contribution in [0.3, 0.4) is 0 Å². The summed E-state index contributed by atoms with van der Waals surface area (Å²) >= 11 is 1.33. The van der Waals surface area contributed by atoms with Gasteiger partial charge in [-0.05, 0) is 42.4 Å². The van der Waals surface area contributed by atoms with Gasteiger partial charge in [0.25, 0.3) is 11.9 Å². The Balaban J connectivity index is 1.76. The highest BCUT2D eigenvalue weighted by molar-refractivity contribution is 7.21. The average molecular weight is 432 g/mol. The van der Waals surface area contributed by atoms with Gasteiger partial charge in [-0.3, -0.25) is 10.1 Å². The summed E-state index contributed by atoms with van der Waals surface area (Å²) in [5, 5.41) is 16.9. The van der Waals surface area contributed by atoms with Gasteiger partial charge in [-0.2, -0.15) is 5.21 Å². The number of ether oxygens (including phenoxy) is 3. The highest BCUT2D eigenvalue weighted by Gasteiger charge is 2.29. The van der Waals surface area contributed by atoms with Gasteiger partial charge in [-0.25, -0.2) is 0 Å². The number of nitrogens with one attached hydrogen (secondary N) is 2. The summed E-state index contributed by atoms with van der Waals surface area (Å²) in [6.07, 6.45) is 3.16. The van der Waals surface area contributed by atoms with Gasteiger partial charge >= 0.3 is 0 Å². The number of hydrogen-bond acceptors (Lipinski definition) is 8. The molecule has 9 nitrogen and oxygen atoms in total. The summed E-state index contributed by atoms with van der Waals surface area (Å²) in [7, 11) is 3.17. The van der Waals surface area contributed by atoms with E-state index in [1.165, 1.54) is 17.8 Å². The van der Waals surface area contributed by atoms with E-state index in [9.17, 15) is 4.79 Å². The minimum atomic E-state index is -0.345. The van der Waals surface area contributed by atoms with Gasteiger partial charge in [0.1, 0.15) is 4.88 Å². The number of amides is 1. The van der Waals surface area contributed by atoms with Crippen LogP contribution in [0.4, 0.5) is 5.95 Å².